The largest absolute Gasteiger partial charge is 0.493 e. The van der Waals surface area contributed by atoms with Crippen LogP contribution in [0, 0.1) is 6.92 Å². The van der Waals surface area contributed by atoms with Crippen molar-refractivity contribution in [1.29, 1.82) is 0 Å². The van der Waals surface area contributed by atoms with Crippen LogP contribution in [0.5, 0.6) is 5.75 Å². The van der Waals surface area contributed by atoms with Gasteiger partial charge in [0, 0.05) is 38.2 Å². The Labute approximate surface area is 181 Å². The fraction of sp³-hybridized carbons (Fsp3) is 0.600. The minimum atomic E-state index is 0. The first kappa shape index (κ1) is 25.5. The summed E-state index contributed by atoms with van der Waals surface area (Å²) in [7, 11) is 1.72. The molecule has 6 nitrogen and oxygen atoms in total. The molecule has 1 amide bonds. The van der Waals surface area contributed by atoms with Gasteiger partial charge in [0.1, 0.15) is 5.75 Å². The highest BCUT2D eigenvalue weighted by atomic mass is 127. The lowest BCUT2D eigenvalue weighted by Gasteiger charge is -2.16. The highest BCUT2D eigenvalue weighted by molar-refractivity contribution is 14.0. The quantitative estimate of drug-likeness (QED) is 0.267. The highest BCUT2D eigenvalue weighted by Gasteiger charge is 2.08. The Hall–Kier alpha value is -1.51. The minimum Gasteiger partial charge on any atom is -0.493 e. The Morgan fingerprint density at radius 2 is 2.00 bits per heavy atom. The zero-order valence-corrected chi connectivity index (χ0v) is 19.6. The van der Waals surface area contributed by atoms with Crippen LogP contribution in [0.15, 0.2) is 23.2 Å². The number of carbonyl (C=O) groups is 1. The number of halogens is 1. The van der Waals surface area contributed by atoms with Crippen LogP contribution in [0.3, 0.4) is 0 Å². The van der Waals surface area contributed by atoms with Crippen LogP contribution in [-0.2, 0) is 11.3 Å². The van der Waals surface area contributed by atoms with Crippen molar-refractivity contribution < 1.29 is 9.53 Å². The SMILES string of the molecule is CCCOc1cc(C)ccc1CNC(=NC)NCCC(=O)NC(C)CC.I. The van der Waals surface area contributed by atoms with Crippen molar-refractivity contribution in [3.05, 3.63) is 29.3 Å². The van der Waals surface area contributed by atoms with E-state index >= 15 is 0 Å². The smallest absolute Gasteiger partial charge is 0.221 e. The number of aliphatic imine (C=N–C) groups is 1. The molecule has 1 aromatic carbocycles. The highest BCUT2D eigenvalue weighted by Crippen LogP contribution is 2.20. The van der Waals surface area contributed by atoms with E-state index in [4.69, 9.17) is 4.74 Å². The fourth-order valence-electron chi connectivity index (χ4n) is 2.30. The van der Waals surface area contributed by atoms with Gasteiger partial charge < -0.3 is 20.7 Å². The Balaban J connectivity index is 0.00000676. The third-order valence-electron chi connectivity index (χ3n) is 4.02. The molecule has 0 radical (unpaired) electrons. The molecule has 0 bridgehead atoms. The summed E-state index contributed by atoms with van der Waals surface area (Å²) in [6.07, 6.45) is 2.32. The van der Waals surface area contributed by atoms with E-state index in [1.54, 1.807) is 7.05 Å². The number of guanidine groups is 1. The number of ether oxygens (including phenoxy) is 1. The molecule has 1 atom stereocenters. The lowest BCUT2D eigenvalue weighted by Crippen LogP contribution is -2.40. The minimum absolute atomic E-state index is 0. The number of rotatable bonds is 10. The number of carbonyl (C=O) groups excluding carboxylic acids is 1. The van der Waals surface area contributed by atoms with E-state index in [0.717, 1.165) is 24.2 Å². The van der Waals surface area contributed by atoms with Gasteiger partial charge in [0.2, 0.25) is 5.91 Å². The zero-order chi connectivity index (χ0) is 19.4. The van der Waals surface area contributed by atoms with Crippen LogP contribution in [0.1, 0.15) is 51.2 Å². The van der Waals surface area contributed by atoms with Gasteiger partial charge in [-0.15, -0.1) is 24.0 Å². The van der Waals surface area contributed by atoms with Crippen LogP contribution in [0.4, 0.5) is 0 Å². The van der Waals surface area contributed by atoms with Crippen molar-refractivity contribution in [1.82, 2.24) is 16.0 Å². The first-order chi connectivity index (χ1) is 12.5. The van der Waals surface area contributed by atoms with E-state index in [1.165, 1.54) is 5.56 Å². The molecule has 0 aromatic heterocycles. The predicted octanol–water partition coefficient (Wildman–Crippen LogP) is 3.37. The van der Waals surface area contributed by atoms with Crippen LogP contribution in [0.25, 0.3) is 0 Å². The third-order valence-corrected chi connectivity index (χ3v) is 4.02. The Morgan fingerprint density at radius 3 is 2.63 bits per heavy atom. The number of hydrogen-bond acceptors (Lipinski definition) is 3. The van der Waals surface area contributed by atoms with E-state index in [9.17, 15) is 4.79 Å². The molecule has 0 spiro atoms. The van der Waals surface area contributed by atoms with E-state index in [2.05, 4.69) is 59.9 Å². The van der Waals surface area contributed by atoms with Gasteiger partial charge in [-0.05, 0) is 38.3 Å². The van der Waals surface area contributed by atoms with Gasteiger partial charge in [-0.2, -0.15) is 0 Å². The molecule has 1 rings (SSSR count). The van der Waals surface area contributed by atoms with Gasteiger partial charge in [-0.3, -0.25) is 9.79 Å². The van der Waals surface area contributed by atoms with Crippen molar-refractivity contribution in [3.63, 3.8) is 0 Å². The molecule has 3 N–H and O–H groups in total. The van der Waals surface area contributed by atoms with Gasteiger partial charge in [-0.1, -0.05) is 26.0 Å². The molecule has 1 unspecified atom stereocenters. The fourth-order valence-corrected chi connectivity index (χ4v) is 2.30. The number of benzene rings is 1. The number of aryl methyl sites for hydroxylation is 1. The second-order valence-corrected chi connectivity index (χ2v) is 6.44. The molecule has 1 aromatic rings. The molecule has 0 saturated carbocycles. The lowest BCUT2D eigenvalue weighted by atomic mass is 10.1. The van der Waals surface area contributed by atoms with E-state index in [0.29, 0.717) is 32.1 Å². The standard InChI is InChI=1S/C20H34N4O2.HI/c1-6-12-26-18-13-15(3)8-9-17(18)14-23-20(21-5)22-11-10-19(25)24-16(4)7-2;/h8-9,13,16H,6-7,10-12,14H2,1-5H3,(H,24,25)(H2,21,22,23);1H. The van der Waals surface area contributed by atoms with Crippen LogP contribution in [0.2, 0.25) is 0 Å². The molecular formula is C20H35IN4O2. The van der Waals surface area contributed by atoms with Gasteiger partial charge in [0.15, 0.2) is 5.96 Å². The van der Waals surface area contributed by atoms with Crippen molar-refractivity contribution in [2.45, 2.75) is 59.5 Å². The van der Waals surface area contributed by atoms with Gasteiger partial charge in [0.05, 0.1) is 6.61 Å². The first-order valence-electron chi connectivity index (χ1n) is 9.46. The molecule has 27 heavy (non-hydrogen) atoms. The van der Waals surface area contributed by atoms with Crippen LogP contribution < -0.4 is 20.7 Å². The Kier molecular flexibility index (Phi) is 13.7. The normalized spacial score (nSPS) is 12.0. The maximum Gasteiger partial charge on any atom is 0.221 e. The maximum atomic E-state index is 11.8. The topological polar surface area (TPSA) is 74.8 Å². The molecule has 0 fully saturated rings. The van der Waals surface area contributed by atoms with E-state index < -0.39 is 0 Å². The van der Waals surface area contributed by atoms with Crippen molar-refractivity contribution >= 4 is 35.8 Å². The third kappa shape index (κ3) is 10.4. The molecule has 0 aliphatic carbocycles. The predicted molar refractivity (Wildman–Crippen MR) is 123 cm³/mol. The number of nitrogens with one attached hydrogen (secondary N) is 3. The molecule has 154 valence electrons. The summed E-state index contributed by atoms with van der Waals surface area (Å²) in [6, 6.07) is 6.41. The second-order valence-electron chi connectivity index (χ2n) is 6.44. The lowest BCUT2D eigenvalue weighted by molar-refractivity contribution is -0.121. The van der Waals surface area contributed by atoms with Crippen molar-refractivity contribution in [2.75, 3.05) is 20.2 Å². The number of hydrogen-bond donors (Lipinski definition) is 3. The van der Waals surface area contributed by atoms with Crippen molar-refractivity contribution in [2.24, 2.45) is 4.99 Å². The second kappa shape index (κ2) is 14.5. The molecule has 7 heteroatoms. The van der Waals surface area contributed by atoms with Gasteiger partial charge >= 0.3 is 0 Å². The molecule has 0 heterocycles. The van der Waals surface area contributed by atoms with Crippen molar-refractivity contribution in [3.8, 4) is 5.75 Å². The molecule has 0 aliphatic heterocycles. The van der Waals surface area contributed by atoms with Gasteiger partial charge in [-0.25, -0.2) is 0 Å². The van der Waals surface area contributed by atoms with Gasteiger partial charge in [0.25, 0.3) is 0 Å². The molecule has 0 aliphatic rings. The summed E-state index contributed by atoms with van der Waals surface area (Å²) in [5.41, 5.74) is 2.26. The average molecular weight is 490 g/mol. The first-order valence-corrected chi connectivity index (χ1v) is 9.46. The summed E-state index contributed by atoms with van der Waals surface area (Å²) in [4.78, 5) is 16.0. The molecular weight excluding hydrogens is 455 g/mol. The zero-order valence-electron chi connectivity index (χ0n) is 17.2. The summed E-state index contributed by atoms with van der Waals surface area (Å²) in [6.45, 7) is 10.1. The summed E-state index contributed by atoms with van der Waals surface area (Å²) in [5, 5.41) is 9.40. The Bertz CT molecular complexity index is 593. The van der Waals surface area contributed by atoms with E-state index in [1.807, 2.05) is 6.92 Å². The monoisotopic (exact) mass is 490 g/mol. The Morgan fingerprint density at radius 1 is 1.26 bits per heavy atom. The summed E-state index contributed by atoms with van der Waals surface area (Å²) < 4.78 is 5.84. The molecule has 0 saturated heterocycles. The van der Waals surface area contributed by atoms with Crippen LogP contribution >= 0.6 is 24.0 Å². The van der Waals surface area contributed by atoms with E-state index in [-0.39, 0.29) is 35.9 Å². The average Bonchev–Trinajstić information content (AvgIpc) is 2.63. The summed E-state index contributed by atoms with van der Waals surface area (Å²) >= 11 is 0. The summed E-state index contributed by atoms with van der Waals surface area (Å²) in [5.74, 6) is 1.63. The maximum absolute atomic E-state index is 11.8. The number of amides is 1. The number of nitrogens with zero attached hydrogens (tertiary/aromatic N) is 1. The van der Waals surface area contributed by atoms with Crippen LogP contribution in [-0.4, -0.2) is 38.1 Å².